The van der Waals surface area contributed by atoms with Crippen LogP contribution in [0.25, 0.3) is 5.69 Å². The number of aromatic nitrogens is 2. The molecule has 0 fully saturated rings. The van der Waals surface area contributed by atoms with Crippen LogP contribution in [-0.2, 0) is 0 Å². The van der Waals surface area contributed by atoms with Crippen LogP contribution in [0.2, 0.25) is 0 Å². The third kappa shape index (κ3) is 2.01. The molecule has 1 heterocycles. The van der Waals surface area contributed by atoms with E-state index in [-0.39, 0.29) is 0 Å². The molecule has 0 amide bonds. The van der Waals surface area contributed by atoms with Crippen LogP contribution in [0, 0.1) is 6.92 Å². The van der Waals surface area contributed by atoms with Crippen molar-refractivity contribution in [3.63, 3.8) is 0 Å². The number of nitrogens with zero attached hydrogens (tertiary/aromatic N) is 2. The van der Waals surface area contributed by atoms with Gasteiger partial charge in [0.25, 0.3) is 0 Å². The van der Waals surface area contributed by atoms with Crippen molar-refractivity contribution in [1.82, 2.24) is 9.55 Å². The Labute approximate surface area is 89.8 Å². The highest BCUT2D eigenvalue weighted by atomic mass is 15.1. The number of nitrogens with one attached hydrogen (secondary N) is 1. The second-order valence-electron chi connectivity index (χ2n) is 3.43. The van der Waals surface area contributed by atoms with Gasteiger partial charge in [-0.15, -0.1) is 0 Å². The van der Waals surface area contributed by atoms with E-state index < -0.39 is 0 Å². The Morgan fingerprint density at radius 1 is 1.40 bits per heavy atom. The van der Waals surface area contributed by atoms with Gasteiger partial charge in [0, 0.05) is 30.3 Å². The van der Waals surface area contributed by atoms with Gasteiger partial charge in [0.2, 0.25) is 0 Å². The lowest BCUT2D eigenvalue weighted by atomic mass is 10.2. The normalized spacial score (nSPS) is 10.3. The Morgan fingerprint density at radius 3 is 2.93 bits per heavy atom. The van der Waals surface area contributed by atoms with E-state index >= 15 is 0 Å². The van der Waals surface area contributed by atoms with Crippen LogP contribution in [0.5, 0.6) is 0 Å². The Bertz CT molecular complexity index is 446. The summed E-state index contributed by atoms with van der Waals surface area (Å²) < 4.78 is 2.07. The average molecular weight is 201 g/mol. The van der Waals surface area contributed by atoms with E-state index in [0.29, 0.717) is 0 Å². The van der Waals surface area contributed by atoms with Crippen molar-refractivity contribution in [1.29, 1.82) is 0 Å². The largest absolute Gasteiger partial charge is 0.385 e. The second-order valence-corrected chi connectivity index (χ2v) is 3.43. The Balaban J connectivity index is 2.37. The van der Waals surface area contributed by atoms with Gasteiger partial charge in [-0.05, 0) is 32.0 Å². The lowest BCUT2D eigenvalue weighted by Gasteiger charge is -2.08. The van der Waals surface area contributed by atoms with Crippen LogP contribution in [-0.4, -0.2) is 16.1 Å². The lowest BCUT2D eigenvalue weighted by Crippen LogP contribution is -1.99. The number of imidazole rings is 1. The van der Waals surface area contributed by atoms with Crippen LogP contribution in [0.4, 0.5) is 5.69 Å². The summed E-state index contributed by atoms with van der Waals surface area (Å²) in [5, 5.41) is 3.30. The molecule has 0 aliphatic carbocycles. The van der Waals surface area contributed by atoms with Crippen molar-refractivity contribution in [3.05, 3.63) is 42.5 Å². The van der Waals surface area contributed by atoms with E-state index in [9.17, 15) is 0 Å². The molecule has 1 aromatic heterocycles. The minimum Gasteiger partial charge on any atom is -0.385 e. The number of aryl methyl sites for hydroxylation is 1. The summed E-state index contributed by atoms with van der Waals surface area (Å²) in [4.78, 5) is 4.21. The molecule has 1 N–H and O–H groups in total. The molecule has 3 heteroatoms. The van der Waals surface area contributed by atoms with Crippen molar-refractivity contribution in [2.45, 2.75) is 13.8 Å². The van der Waals surface area contributed by atoms with E-state index in [1.54, 1.807) is 0 Å². The first kappa shape index (κ1) is 9.77. The highest BCUT2D eigenvalue weighted by Crippen LogP contribution is 2.15. The zero-order valence-corrected chi connectivity index (χ0v) is 9.07. The maximum Gasteiger partial charge on any atom is 0.110 e. The van der Waals surface area contributed by atoms with E-state index in [0.717, 1.165) is 23.7 Å². The minimum atomic E-state index is 0.937. The summed E-state index contributed by atoms with van der Waals surface area (Å²) in [7, 11) is 0. The topological polar surface area (TPSA) is 29.9 Å². The fourth-order valence-electron chi connectivity index (χ4n) is 1.62. The van der Waals surface area contributed by atoms with Crippen molar-refractivity contribution in [3.8, 4) is 5.69 Å². The smallest absolute Gasteiger partial charge is 0.110 e. The van der Waals surface area contributed by atoms with E-state index in [1.807, 2.05) is 25.4 Å². The van der Waals surface area contributed by atoms with Crippen molar-refractivity contribution in [2.75, 3.05) is 11.9 Å². The Morgan fingerprint density at radius 2 is 2.27 bits per heavy atom. The van der Waals surface area contributed by atoms with Crippen molar-refractivity contribution in [2.24, 2.45) is 0 Å². The molecule has 3 nitrogen and oxygen atoms in total. The molecule has 78 valence electrons. The summed E-state index contributed by atoms with van der Waals surface area (Å²) in [6, 6.07) is 8.32. The highest BCUT2D eigenvalue weighted by Gasteiger charge is 2.00. The molecule has 1 aromatic carbocycles. The third-order valence-electron chi connectivity index (χ3n) is 2.33. The number of hydrogen-bond acceptors (Lipinski definition) is 2. The monoisotopic (exact) mass is 201 g/mol. The Hall–Kier alpha value is -1.77. The fourth-order valence-corrected chi connectivity index (χ4v) is 1.62. The molecule has 0 aliphatic heterocycles. The van der Waals surface area contributed by atoms with E-state index in [1.165, 1.54) is 0 Å². The van der Waals surface area contributed by atoms with E-state index in [4.69, 9.17) is 0 Å². The van der Waals surface area contributed by atoms with Gasteiger partial charge in [-0.3, -0.25) is 0 Å². The number of hydrogen-bond donors (Lipinski definition) is 1. The minimum absolute atomic E-state index is 0.937. The van der Waals surface area contributed by atoms with Crippen LogP contribution < -0.4 is 5.32 Å². The van der Waals surface area contributed by atoms with Crippen LogP contribution in [0.1, 0.15) is 12.7 Å². The van der Waals surface area contributed by atoms with Gasteiger partial charge in [-0.2, -0.15) is 0 Å². The molecular formula is C12H15N3. The van der Waals surface area contributed by atoms with Crippen LogP contribution in [0.3, 0.4) is 0 Å². The molecule has 0 atom stereocenters. The van der Waals surface area contributed by atoms with Gasteiger partial charge < -0.3 is 9.88 Å². The summed E-state index contributed by atoms with van der Waals surface area (Å²) in [6.45, 7) is 5.03. The molecule has 0 spiro atoms. The van der Waals surface area contributed by atoms with E-state index in [2.05, 4.69) is 40.0 Å². The maximum atomic E-state index is 4.21. The molecule has 0 saturated heterocycles. The quantitative estimate of drug-likeness (QED) is 0.827. The average Bonchev–Trinajstić information content (AvgIpc) is 2.65. The van der Waals surface area contributed by atoms with Gasteiger partial charge in [-0.25, -0.2) is 4.98 Å². The van der Waals surface area contributed by atoms with Gasteiger partial charge >= 0.3 is 0 Å². The number of anilines is 1. The number of rotatable bonds is 3. The van der Waals surface area contributed by atoms with Crippen LogP contribution >= 0.6 is 0 Å². The highest BCUT2D eigenvalue weighted by molar-refractivity contribution is 5.51. The molecule has 2 aromatic rings. The summed E-state index contributed by atoms with van der Waals surface area (Å²) in [5.74, 6) is 1.00. The SMILES string of the molecule is CCNc1cccc(-n2ccnc2C)c1. The maximum absolute atomic E-state index is 4.21. The number of benzene rings is 1. The molecule has 0 saturated carbocycles. The zero-order valence-electron chi connectivity index (χ0n) is 9.07. The Kier molecular flexibility index (Phi) is 2.72. The second kappa shape index (κ2) is 4.17. The molecule has 0 unspecified atom stereocenters. The standard InChI is InChI=1S/C12H15N3/c1-3-13-11-5-4-6-12(9-11)15-8-7-14-10(15)2/h4-9,13H,3H2,1-2H3. The zero-order chi connectivity index (χ0) is 10.7. The predicted octanol–water partition coefficient (Wildman–Crippen LogP) is 2.61. The van der Waals surface area contributed by atoms with Gasteiger partial charge in [0.15, 0.2) is 0 Å². The first-order valence-electron chi connectivity index (χ1n) is 5.15. The molecule has 15 heavy (non-hydrogen) atoms. The van der Waals surface area contributed by atoms with Gasteiger partial charge in [0.05, 0.1) is 0 Å². The first-order valence-corrected chi connectivity index (χ1v) is 5.15. The summed E-state index contributed by atoms with van der Waals surface area (Å²) >= 11 is 0. The van der Waals surface area contributed by atoms with Crippen LogP contribution in [0.15, 0.2) is 36.7 Å². The van der Waals surface area contributed by atoms with Gasteiger partial charge in [0.1, 0.15) is 5.82 Å². The molecule has 0 bridgehead atoms. The van der Waals surface area contributed by atoms with Crippen molar-refractivity contribution < 1.29 is 0 Å². The molecule has 2 rings (SSSR count). The van der Waals surface area contributed by atoms with Gasteiger partial charge in [-0.1, -0.05) is 6.07 Å². The third-order valence-corrected chi connectivity index (χ3v) is 2.33. The first-order chi connectivity index (χ1) is 7.31. The summed E-state index contributed by atoms with van der Waals surface area (Å²) in [6.07, 6.45) is 3.79. The summed E-state index contributed by atoms with van der Waals surface area (Å²) in [5.41, 5.74) is 2.28. The lowest BCUT2D eigenvalue weighted by molar-refractivity contribution is 0.974. The van der Waals surface area contributed by atoms with Crippen molar-refractivity contribution >= 4 is 5.69 Å². The molecular weight excluding hydrogens is 186 g/mol. The fraction of sp³-hybridized carbons (Fsp3) is 0.250. The predicted molar refractivity (Wildman–Crippen MR) is 62.5 cm³/mol. The molecule has 0 radical (unpaired) electrons. The molecule has 0 aliphatic rings.